The van der Waals surface area contributed by atoms with Crippen molar-refractivity contribution in [3.05, 3.63) is 47.3 Å². The molecule has 0 bridgehead atoms. The van der Waals surface area contributed by atoms with Gasteiger partial charge in [0.25, 0.3) is 0 Å². The van der Waals surface area contributed by atoms with E-state index in [1.165, 1.54) is 12.1 Å². The zero-order valence-corrected chi connectivity index (χ0v) is 28.2. The third-order valence-corrected chi connectivity index (χ3v) is 9.90. The predicted molar refractivity (Wildman–Crippen MR) is 178 cm³/mol. The van der Waals surface area contributed by atoms with Crippen LogP contribution in [0.15, 0.2) is 35.9 Å². The number of carbonyl (C=O) groups is 2. The summed E-state index contributed by atoms with van der Waals surface area (Å²) in [4.78, 5) is 32.6. The summed E-state index contributed by atoms with van der Waals surface area (Å²) in [6.07, 6.45) is 6.19. The van der Waals surface area contributed by atoms with Gasteiger partial charge >= 0.3 is 12.1 Å². The zero-order chi connectivity index (χ0) is 33.3. The van der Waals surface area contributed by atoms with E-state index >= 15 is 0 Å². The predicted octanol–water partition coefficient (Wildman–Crippen LogP) is 4.65. The van der Waals surface area contributed by atoms with Gasteiger partial charge in [0.15, 0.2) is 0 Å². The molecule has 260 valence electrons. The molecular formula is C36H52FN3O7. The van der Waals surface area contributed by atoms with E-state index in [1.807, 2.05) is 45.1 Å². The third-order valence-electron chi connectivity index (χ3n) is 9.90. The number of hydrogen-bond donors (Lipinski definition) is 1. The largest absolute Gasteiger partial charge is 0.457 e. The van der Waals surface area contributed by atoms with E-state index in [0.29, 0.717) is 63.8 Å². The van der Waals surface area contributed by atoms with Gasteiger partial charge in [-0.2, -0.15) is 0 Å². The summed E-state index contributed by atoms with van der Waals surface area (Å²) >= 11 is 0. The topological polar surface area (TPSA) is 101 Å². The van der Waals surface area contributed by atoms with Crippen molar-refractivity contribution < 1.29 is 38.0 Å². The third kappa shape index (κ3) is 10.0. The van der Waals surface area contributed by atoms with Gasteiger partial charge in [0.05, 0.1) is 25.7 Å². The highest BCUT2D eigenvalue weighted by molar-refractivity contribution is 5.71. The summed E-state index contributed by atoms with van der Waals surface area (Å²) in [6, 6.07) is 5.43. The molecule has 3 fully saturated rings. The number of halogens is 1. The van der Waals surface area contributed by atoms with Gasteiger partial charge in [-0.1, -0.05) is 26.0 Å². The molecule has 5 atom stereocenters. The summed E-state index contributed by atoms with van der Waals surface area (Å²) in [5.41, 5.74) is 2.19. The molecule has 47 heavy (non-hydrogen) atoms. The maximum atomic E-state index is 14.7. The van der Waals surface area contributed by atoms with Gasteiger partial charge in [-0.05, 0) is 73.9 Å². The second-order valence-corrected chi connectivity index (χ2v) is 13.5. The molecule has 0 aromatic heterocycles. The number of amides is 1. The molecule has 0 aliphatic carbocycles. The average Bonchev–Trinajstić information content (AvgIpc) is 3.07. The van der Waals surface area contributed by atoms with E-state index in [4.69, 9.17) is 18.9 Å². The van der Waals surface area contributed by atoms with Crippen LogP contribution in [0.2, 0.25) is 0 Å². The van der Waals surface area contributed by atoms with E-state index < -0.39 is 24.3 Å². The summed E-state index contributed by atoms with van der Waals surface area (Å²) < 4.78 is 37.7. The van der Waals surface area contributed by atoms with Crippen LogP contribution in [0.1, 0.15) is 58.4 Å². The standard InChI is InChI=1S/C36H52FN3O7/c1-25-4-6-32(41)24-34(42)47-35(27(3)20-28-21-29(37)23-31(22-28)39-14-18-45-19-15-39)26(2)5-7-33(25)46-36(43)40-12-10-38(11-13-40)30-8-16-44-17-9-30/h5,7,20-23,25-26,30,32-33,35,41H,4,6,8-19,24H2,1-3H3/b7-5-,27-20+/t25-,26-,32+,33-,35-/m0/s1. The number of ether oxygens (including phenoxy) is 4. The Hall–Kier alpha value is -2.99. The van der Waals surface area contributed by atoms with Crippen LogP contribution < -0.4 is 4.90 Å². The highest BCUT2D eigenvalue weighted by Gasteiger charge is 2.31. The first-order valence-electron chi connectivity index (χ1n) is 17.3. The lowest BCUT2D eigenvalue weighted by Gasteiger charge is -2.40. The molecule has 10 nitrogen and oxygen atoms in total. The van der Waals surface area contributed by atoms with Crippen LogP contribution in [-0.4, -0.2) is 117 Å². The Labute approximate surface area is 278 Å². The second-order valence-electron chi connectivity index (χ2n) is 13.5. The van der Waals surface area contributed by atoms with E-state index in [9.17, 15) is 19.1 Å². The van der Waals surface area contributed by atoms with Crippen LogP contribution in [0.4, 0.5) is 14.9 Å². The number of carbonyl (C=O) groups excluding carboxylic acids is 2. The summed E-state index contributed by atoms with van der Waals surface area (Å²) in [6.45, 7) is 12.8. The Morgan fingerprint density at radius 3 is 2.36 bits per heavy atom. The lowest BCUT2D eigenvalue weighted by molar-refractivity contribution is -0.151. The Morgan fingerprint density at radius 1 is 0.936 bits per heavy atom. The normalized spacial score (nSPS) is 30.2. The molecule has 1 aromatic carbocycles. The first-order valence-corrected chi connectivity index (χ1v) is 17.3. The van der Waals surface area contributed by atoms with E-state index in [0.717, 1.165) is 50.4 Å². The number of hydrogen-bond acceptors (Lipinski definition) is 9. The zero-order valence-electron chi connectivity index (χ0n) is 28.2. The fourth-order valence-corrected chi connectivity index (χ4v) is 6.99. The molecule has 0 unspecified atom stereocenters. The Bertz CT molecular complexity index is 1250. The van der Waals surface area contributed by atoms with Crippen LogP contribution in [0.25, 0.3) is 6.08 Å². The number of aliphatic hydroxyl groups is 1. The lowest BCUT2D eigenvalue weighted by atomic mass is 9.91. The van der Waals surface area contributed by atoms with Crippen LogP contribution in [0.5, 0.6) is 0 Å². The quantitative estimate of drug-likeness (QED) is 0.358. The fraction of sp³-hybridized carbons (Fsp3) is 0.667. The molecule has 4 aliphatic rings. The van der Waals surface area contributed by atoms with Gasteiger partial charge in [-0.25, -0.2) is 9.18 Å². The second kappa shape index (κ2) is 16.9. The van der Waals surface area contributed by atoms with Crippen molar-refractivity contribution >= 4 is 23.8 Å². The summed E-state index contributed by atoms with van der Waals surface area (Å²) in [7, 11) is 0. The van der Waals surface area contributed by atoms with Gasteiger partial charge in [0.2, 0.25) is 0 Å². The number of benzene rings is 1. The number of rotatable bonds is 5. The van der Waals surface area contributed by atoms with Gasteiger partial charge in [0, 0.05) is 70.1 Å². The maximum Gasteiger partial charge on any atom is 0.410 e. The molecule has 3 saturated heterocycles. The minimum absolute atomic E-state index is 0.0722. The first-order chi connectivity index (χ1) is 22.7. The molecule has 11 heteroatoms. The van der Waals surface area contributed by atoms with Crippen molar-refractivity contribution in [3.63, 3.8) is 0 Å². The average molecular weight is 658 g/mol. The van der Waals surface area contributed by atoms with Crippen molar-refractivity contribution in [2.75, 3.05) is 70.6 Å². The highest BCUT2D eigenvalue weighted by Crippen LogP contribution is 2.28. The summed E-state index contributed by atoms with van der Waals surface area (Å²) in [5.74, 6) is -1.18. The minimum atomic E-state index is -0.873. The molecule has 4 heterocycles. The number of piperazine rings is 1. The monoisotopic (exact) mass is 657 g/mol. The molecule has 1 amide bonds. The molecule has 0 radical (unpaired) electrons. The Balaban J connectivity index is 1.29. The van der Waals surface area contributed by atoms with Crippen LogP contribution in [0.3, 0.4) is 0 Å². The number of aliphatic hydroxyl groups excluding tert-OH is 1. The van der Waals surface area contributed by atoms with Gasteiger partial charge in [0.1, 0.15) is 18.0 Å². The molecule has 0 saturated carbocycles. The molecule has 5 rings (SSSR count). The number of anilines is 1. The molecular weight excluding hydrogens is 605 g/mol. The molecule has 0 spiro atoms. The van der Waals surface area contributed by atoms with Crippen LogP contribution in [0, 0.1) is 17.7 Å². The van der Waals surface area contributed by atoms with Crippen molar-refractivity contribution in [1.29, 1.82) is 0 Å². The van der Waals surface area contributed by atoms with Crippen LogP contribution >= 0.6 is 0 Å². The number of morpholine rings is 1. The van der Waals surface area contributed by atoms with Gasteiger partial charge < -0.3 is 33.9 Å². The van der Waals surface area contributed by atoms with E-state index in [1.54, 1.807) is 4.90 Å². The minimum Gasteiger partial charge on any atom is -0.457 e. The molecule has 1 N–H and O–H groups in total. The van der Waals surface area contributed by atoms with E-state index in [2.05, 4.69) is 9.80 Å². The highest BCUT2D eigenvalue weighted by atomic mass is 19.1. The Kier molecular flexibility index (Phi) is 12.7. The first kappa shape index (κ1) is 35.3. The van der Waals surface area contributed by atoms with Gasteiger partial charge in [-0.15, -0.1) is 0 Å². The smallest absolute Gasteiger partial charge is 0.410 e. The lowest BCUT2D eigenvalue weighted by Crippen LogP contribution is -2.53. The van der Waals surface area contributed by atoms with Crippen molar-refractivity contribution in [2.45, 2.75) is 77.2 Å². The van der Waals surface area contributed by atoms with Crippen molar-refractivity contribution in [1.82, 2.24) is 9.80 Å². The van der Waals surface area contributed by atoms with Crippen molar-refractivity contribution in [2.24, 2.45) is 11.8 Å². The van der Waals surface area contributed by atoms with Crippen molar-refractivity contribution in [3.8, 4) is 0 Å². The number of cyclic esters (lactones) is 1. The Morgan fingerprint density at radius 2 is 1.64 bits per heavy atom. The van der Waals surface area contributed by atoms with Crippen LogP contribution in [-0.2, 0) is 23.7 Å². The SMILES string of the molecule is C/C(=C\c1cc(F)cc(N2CCOCC2)c1)[C@H]1OC(=O)C[C@H](O)CC[C@H](C)[C@@H](OC(=O)N2CCN(C3CCOCC3)CC2)/C=C\[C@@H]1C. The number of esters is 1. The van der Waals surface area contributed by atoms with E-state index in [-0.39, 0.29) is 30.2 Å². The van der Waals surface area contributed by atoms with Gasteiger partial charge in [-0.3, -0.25) is 9.69 Å². The number of nitrogens with zero attached hydrogens (tertiary/aromatic N) is 3. The maximum absolute atomic E-state index is 14.7. The summed E-state index contributed by atoms with van der Waals surface area (Å²) in [5, 5.41) is 10.7. The molecule has 4 aliphatic heterocycles. The molecule has 1 aromatic rings. The fourth-order valence-electron chi connectivity index (χ4n) is 6.99.